The third kappa shape index (κ3) is 3.51. The third-order valence-electron chi connectivity index (χ3n) is 3.20. The highest BCUT2D eigenvalue weighted by atomic mass is 19.1. The summed E-state index contributed by atoms with van der Waals surface area (Å²) in [5, 5.41) is 9.16. The number of carbonyl (C=O) groups is 1. The fraction of sp³-hybridized carbons (Fsp3) is 0.188. The van der Waals surface area contributed by atoms with Gasteiger partial charge in [0.05, 0.1) is 12.7 Å². The molecule has 0 bridgehead atoms. The second-order valence-corrected chi connectivity index (χ2v) is 4.66. The fourth-order valence-electron chi connectivity index (χ4n) is 2.10. The second-order valence-electron chi connectivity index (χ2n) is 4.66. The van der Waals surface area contributed by atoms with Crippen molar-refractivity contribution < 1.29 is 19.0 Å². The van der Waals surface area contributed by atoms with E-state index < -0.39 is 11.8 Å². The zero-order chi connectivity index (χ0) is 15.4. The number of carboxylic acid groups (broad SMARTS) is 1. The number of halogens is 1. The summed E-state index contributed by atoms with van der Waals surface area (Å²) >= 11 is 0. The fourth-order valence-corrected chi connectivity index (χ4v) is 2.10. The van der Waals surface area contributed by atoms with Crippen LogP contribution in [-0.2, 0) is 6.54 Å². The Morgan fingerprint density at radius 1 is 1.29 bits per heavy atom. The largest absolute Gasteiger partial charge is 0.497 e. The number of hydrogen-bond donors (Lipinski definition) is 1. The van der Waals surface area contributed by atoms with Crippen LogP contribution in [0.4, 0.5) is 10.1 Å². The van der Waals surface area contributed by atoms with Crippen LogP contribution in [0.25, 0.3) is 0 Å². The van der Waals surface area contributed by atoms with Crippen LogP contribution in [0.2, 0.25) is 0 Å². The first-order valence-electron chi connectivity index (χ1n) is 6.38. The normalized spacial score (nSPS) is 10.2. The Labute approximate surface area is 122 Å². The number of rotatable bonds is 5. The van der Waals surface area contributed by atoms with Crippen LogP contribution in [0.5, 0.6) is 5.75 Å². The van der Waals surface area contributed by atoms with Gasteiger partial charge in [0.25, 0.3) is 0 Å². The van der Waals surface area contributed by atoms with Crippen LogP contribution in [0, 0.1) is 5.82 Å². The highest BCUT2D eigenvalue weighted by Gasteiger charge is 2.13. The van der Waals surface area contributed by atoms with E-state index in [9.17, 15) is 9.18 Å². The number of aromatic carboxylic acids is 1. The summed E-state index contributed by atoms with van der Waals surface area (Å²) in [6.07, 6.45) is 0. The van der Waals surface area contributed by atoms with Gasteiger partial charge in [0.15, 0.2) is 0 Å². The molecule has 0 unspecified atom stereocenters. The van der Waals surface area contributed by atoms with Gasteiger partial charge in [0.1, 0.15) is 11.6 Å². The number of ether oxygens (including phenoxy) is 1. The molecule has 0 aromatic heterocycles. The van der Waals surface area contributed by atoms with Crippen molar-refractivity contribution in [2.45, 2.75) is 6.54 Å². The van der Waals surface area contributed by atoms with E-state index >= 15 is 0 Å². The standard InChI is InChI=1S/C16H16FNO3/c1-18(13-4-3-5-14(9-13)21-2)10-11-8-12(17)6-7-15(11)16(19)20/h3-9H,10H2,1-2H3,(H,19,20). The number of benzene rings is 2. The van der Waals surface area contributed by atoms with Gasteiger partial charge in [-0.15, -0.1) is 0 Å². The van der Waals surface area contributed by atoms with Crippen molar-refractivity contribution in [3.05, 3.63) is 59.4 Å². The monoisotopic (exact) mass is 289 g/mol. The van der Waals surface area contributed by atoms with Crippen LogP contribution < -0.4 is 9.64 Å². The number of methoxy groups -OCH3 is 1. The lowest BCUT2D eigenvalue weighted by Gasteiger charge is -2.21. The van der Waals surface area contributed by atoms with E-state index in [4.69, 9.17) is 9.84 Å². The summed E-state index contributed by atoms with van der Waals surface area (Å²) in [6, 6.07) is 11.1. The predicted molar refractivity (Wildman–Crippen MR) is 78.5 cm³/mol. The van der Waals surface area contributed by atoms with E-state index in [1.54, 1.807) is 7.11 Å². The van der Waals surface area contributed by atoms with E-state index in [1.165, 1.54) is 12.1 Å². The highest BCUT2D eigenvalue weighted by Crippen LogP contribution is 2.22. The minimum Gasteiger partial charge on any atom is -0.497 e. The smallest absolute Gasteiger partial charge is 0.336 e. The second kappa shape index (κ2) is 6.26. The summed E-state index contributed by atoms with van der Waals surface area (Å²) in [7, 11) is 3.39. The Morgan fingerprint density at radius 2 is 2.05 bits per heavy atom. The maximum absolute atomic E-state index is 13.4. The number of nitrogens with zero attached hydrogens (tertiary/aromatic N) is 1. The van der Waals surface area contributed by atoms with E-state index in [2.05, 4.69) is 0 Å². The Morgan fingerprint density at radius 3 is 2.71 bits per heavy atom. The van der Waals surface area contributed by atoms with Gasteiger partial charge >= 0.3 is 5.97 Å². The van der Waals surface area contributed by atoms with Gasteiger partial charge < -0.3 is 14.7 Å². The molecule has 0 aliphatic carbocycles. The molecule has 0 radical (unpaired) electrons. The van der Waals surface area contributed by atoms with Crippen molar-refractivity contribution in [1.82, 2.24) is 0 Å². The van der Waals surface area contributed by atoms with Gasteiger partial charge in [-0.3, -0.25) is 0 Å². The van der Waals surface area contributed by atoms with Crippen molar-refractivity contribution in [3.8, 4) is 5.75 Å². The van der Waals surface area contributed by atoms with E-state index in [0.29, 0.717) is 11.3 Å². The minimum absolute atomic E-state index is 0.103. The first kappa shape index (κ1) is 14.8. The number of anilines is 1. The summed E-state index contributed by atoms with van der Waals surface area (Å²) in [5.74, 6) is -0.810. The molecular weight excluding hydrogens is 273 g/mol. The van der Waals surface area contributed by atoms with Crippen molar-refractivity contribution in [2.24, 2.45) is 0 Å². The quantitative estimate of drug-likeness (QED) is 0.918. The molecular formula is C16H16FNO3. The van der Waals surface area contributed by atoms with E-state index in [-0.39, 0.29) is 12.1 Å². The molecule has 110 valence electrons. The van der Waals surface area contributed by atoms with Crippen molar-refractivity contribution in [1.29, 1.82) is 0 Å². The first-order chi connectivity index (χ1) is 10.0. The van der Waals surface area contributed by atoms with Crippen LogP contribution in [0.1, 0.15) is 15.9 Å². The Kier molecular flexibility index (Phi) is 4.42. The van der Waals surface area contributed by atoms with Crippen LogP contribution in [0.3, 0.4) is 0 Å². The Bertz CT molecular complexity index is 658. The molecule has 0 aliphatic heterocycles. The van der Waals surface area contributed by atoms with Gasteiger partial charge in [-0.05, 0) is 35.9 Å². The van der Waals surface area contributed by atoms with Crippen molar-refractivity contribution in [3.63, 3.8) is 0 Å². The van der Waals surface area contributed by atoms with Gasteiger partial charge in [0, 0.05) is 25.3 Å². The van der Waals surface area contributed by atoms with Gasteiger partial charge in [-0.25, -0.2) is 9.18 Å². The van der Waals surface area contributed by atoms with Crippen molar-refractivity contribution >= 4 is 11.7 Å². The number of carboxylic acids is 1. The summed E-state index contributed by atoms with van der Waals surface area (Å²) in [4.78, 5) is 13.0. The van der Waals surface area contributed by atoms with Gasteiger partial charge in [0.2, 0.25) is 0 Å². The van der Waals surface area contributed by atoms with E-state index in [0.717, 1.165) is 11.8 Å². The zero-order valence-electron chi connectivity index (χ0n) is 11.8. The topological polar surface area (TPSA) is 49.8 Å². The first-order valence-corrected chi connectivity index (χ1v) is 6.38. The molecule has 0 heterocycles. The predicted octanol–water partition coefficient (Wildman–Crippen LogP) is 3.17. The molecule has 2 aromatic rings. The van der Waals surface area contributed by atoms with Crippen LogP contribution in [-0.4, -0.2) is 25.2 Å². The molecule has 5 heteroatoms. The average molecular weight is 289 g/mol. The molecule has 0 fully saturated rings. The maximum atomic E-state index is 13.4. The average Bonchev–Trinajstić information content (AvgIpc) is 2.47. The van der Waals surface area contributed by atoms with Gasteiger partial charge in [-0.2, -0.15) is 0 Å². The molecule has 2 aromatic carbocycles. The maximum Gasteiger partial charge on any atom is 0.336 e. The SMILES string of the molecule is COc1cccc(N(C)Cc2cc(F)ccc2C(=O)O)c1. The van der Waals surface area contributed by atoms with Crippen LogP contribution >= 0.6 is 0 Å². The Hall–Kier alpha value is -2.56. The number of hydrogen-bond acceptors (Lipinski definition) is 3. The molecule has 21 heavy (non-hydrogen) atoms. The molecule has 1 N–H and O–H groups in total. The Balaban J connectivity index is 2.28. The van der Waals surface area contributed by atoms with Gasteiger partial charge in [-0.1, -0.05) is 6.07 Å². The summed E-state index contributed by atoms with van der Waals surface area (Å²) < 4.78 is 18.5. The highest BCUT2D eigenvalue weighted by molar-refractivity contribution is 5.89. The zero-order valence-corrected chi connectivity index (χ0v) is 11.8. The third-order valence-corrected chi connectivity index (χ3v) is 3.20. The molecule has 0 aliphatic rings. The van der Waals surface area contributed by atoms with Crippen LogP contribution in [0.15, 0.2) is 42.5 Å². The molecule has 0 spiro atoms. The molecule has 0 amide bonds. The summed E-state index contributed by atoms with van der Waals surface area (Å²) in [5.41, 5.74) is 1.38. The summed E-state index contributed by atoms with van der Waals surface area (Å²) in [6.45, 7) is 0.284. The lowest BCUT2D eigenvalue weighted by Crippen LogP contribution is -2.18. The minimum atomic E-state index is -1.07. The molecule has 4 nitrogen and oxygen atoms in total. The lowest BCUT2D eigenvalue weighted by molar-refractivity contribution is 0.0695. The van der Waals surface area contributed by atoms with E-state index in [1.807, 2.05) is 36.2 Å². The van der Waals surface area contributed by atoms with Crippen molar-refractivity contribution in [2.75, 3.05) is 19.1 Å². The molecule has 0 saturated heterocycles. The molecule has 0 saturated carbocycles. The lowest BCUT2D eigenvalue weighted by atomic mass is 10.1. The molecule has 0 atom stereocenters. The molecule has 2 rings (SSSR count).